The van der Waals surface area contributed by atoms with Crippen molar-refractivity contribution < 1.29 is 9.32 Å². The number of piperidine rings is 1. The Hall–Kier alpha value is -2.24. The van der Waals surface area contributed by atoms with E-state index in [0.717, 1.165) is 44.5 Å². The van der Waals surface area contributed by atoms with E-state index in [4.69, 9.17) is 4.52 Å². The number of aromatic nitrogens is 3. The smallest absolute Gasteiger partial charge is 0.227 e. The van der Waals surface area contributed by atoms with Gasteiger partial charge in [0.05, 0.1) is 0 Å². The summed E-state index contributed by atoms with van der Waals surface area (Å²) in [5, 5.41) is 3.87. The Morgan fingerprint density at radius 3 is 3.08 bits per heavy atom. The van der Waals surface area contributed by atoms with E-state index in [9.17, 15) is 4.79 Å². The van der Waals surface area contributed by atoms with Crippen LogP contribution in [0.15, 0.2) is 28.9 Å². The van der Waals surface area contributed by atoms with Gasteiger partial charge in [-0.25, -0.2) is 0 Å². The zero-order valence-corrected chi connectivity index (χ0v) is 14.1. The molecular weight excluding hydrogens is 304 g/mol. The van der Waals surface area contributed by atoms with Crippen LogP contribution < -0.4 is 0 Å². The highest BCUT2D eigenvalue weighted by atomic mass is 16.5. The van der Waals surface area contributed by atoms with Crippen LogP contribution in [0.25, 0.3) is 0 Å². The van der Waals surface area contributed by atoms with Gasteiger partial charge in [-0.05, 0) is 37.3 Å². The summed E-state index contributed by atoms with van der Waals surface area (Å²) in [5.74, 6) is 1.93. The Bertz CT molecular complexity index is 656. The molecule has 1 aliphatic heterocycles. The monoisotopic (exact) mass is 328 g/mol. The summed E-state index contributed by atoms with van der Waals surface area (Å²) in [4.78, 5) is 23.1. The van der Waals surface area contributed by atoms with E-state index in [-0.39, 0.29) is 5.91 Å². The van der Waals surface area contributed by atoms with E-state index in [1.54, 1.807) is 0 Å². The van der Waals surface area contributed by atoms with Gasteiger partial charge in [0.2, 0.25) is 11.8 Å². The van der Waals surface area contributed by atoms with Crippen LogP contribution in [0.1, 0.15) is 43.6 Å². The van der Waals surface area contributed by atoms with Gasteiger partial charge in [-0.2, -0.15) is 4.98 Å². The summed E-state index contributed by atoms with van der Waals surface area (Å²) < 4.78 is 5.15. The molecule has 0 N–H and O–H groups in total. The van der Waals surface area contributed by atoms with Gasteiger partial charge in [0, 0.05) is 44.2 Å². The second kappa shape index (κ2) is 8.04. The van der Waals surface area contributed by atoms with E-state index in [2.05, 4.69) is 21.2 Å². The number of aryl methyl sites for hydroxylation is 2. The molecule has 0 unspecified atom stereocenters. The highest BCUT2D eigenvalue weighted by Gasteiger charge is 2.24. The van der Waals surface area contributed by atoms with Crippen LogP contribution in [0, 0.1) is 5.92 Å². The first-order valence-corrected chi connectivity index (χ1v) is 8.73. The molecule has 2 aromatic heterocycles. The summed E-state index contributed by atoms with van der Waals surface area (Å²) in [6, 6.07) is 6.01. The molecule has 0 aliphatic carbocycles. The lowest BCUT2D eigenvalue weighted by molar-refractivity contribution is -0.133. The second-order valence-corrected chi connectivity index (χ2v) is 6.33. The lowest BCUT2D eigenvalue weighted by Gasteiger charge is -2.32. The Labute approximate surface area is 142 Å². The van der Waals surface area contributed by atoms with Crippen molar-refractivity contribution in [2.24, 2.45) is 5.92 Å². The van der Waals surface area contributed by atoms with Gasteiger partial charge in [-0.1, -0.05) is 18.1 Å². The van der Waals surface area contributed by atoms with Gasteiger partial charge in [-0.3, -0.25) is 9.78 Å². The van der Waals surface area contributed by atoms with Crippen LogP contribution in [-0.2, 0) is 24.1 Å². The van der Waals surface area contributed by atoms with Crippen LogP contribution in [0.3, 0.4) is 0 Å². The van der Waals surface area contributed by atoms with Gasteiger partial charge >= 0.3 is 0 Å². The van der Waals surface area contributed by atoms with Gasteiger partial charge < -0.3 is 9.42 Å². The van der Waals surface area contributed by atoms with Crippen molar-refractivity contribution in [2.75, 3.05) is 13.1 Å². The van der Waals surface area contributed by atoms with Crippen molar-refractivity contribution >= 4 is 5.91 Å². The zero-order chi connectivity index (χ0) is 16.8. The van der Waals surface area contributed by atoms with E-state index in [0.29, 0.717) is 30.5 Å². The molecule has 3 heterocycles. The zero-order valence-electron chi connectivity index (χ0n) is 14.1. The molecule has 3 rings (SSSR count). The molecule has 1 amide bonds. The van der Waals surface area contributed by atoms with Crippen molar-refractivity contribution in [3.63, 3.8) is 0 Å². The molecule has 6 nitrogen and oxygen atoms in total. The minimum atomic E-state index is 0.178. The SMILES string of the molecule is CCc1noc(CCC(=O)N2CCC[C@@H](Cc3ccccn3)C2)n1. The fraction of sp³-hybridized carbons (Fsp3) is 0.556. The molecule has 0 aromatic carbocycles. The highest BCUT2D eigenvalue weighted by Crippen LogP contribution is 2.21. The van der Waals surface area contributed by atoms with Crippen LogP contribution in [0.4, 0.5) is 0 Å². The lowest BCUT2D eigenvalue weighted by Crippen LogP contribution is -2.40. The number of rotatable bonds is 6. The molecule has 24 heavy (non-hydrogen) atoms. The predicted octanol–water partition coefficient (Wildman–Crippen LogP) is 2.44. The third-order valence-electron chi connectivity index (χ3n) is 4.47. The summed E-state index contributed by atoms with van der Waals surface area (Å²) >= 11 is 0. The van der Waals surface area contributed by atoms with Crippen LogP contribution in [-0.4, -0.2) is 39.0 Å². The molecule has 0 saturated carbocycles. The number of hydrogen-bond donors (Lipinski definition) is 0. The van der Waals surface area contributed by atoms with E-state index in [1.807, 2.05) is 30.2 Å². The highest BCUT2D eigenvalue weighted by molar-refractivity contribution is 5.76. The number of hydrogen-bond acceptors (Lipinski definition) is 5. The maximum absolute atomic E-state index is 12.5. The van der Waals surface area contributed by atoms with Crippen LogP contribution in [0.2, 0.25) is 0 Å². The number of carbonyl (C=O) groups excluding carboxylic acids is 1. The second-order valence-electron chi connectivity index (χ2n) is 6.33. The predicted molar refractivity (Wildman–Crippen MR) is 89.2 cm³/mol. The minimum absolute atomic E-state index is 0.178. The van der Waals surface area contributed by atoms with Gasteiger partial charge in [0.25, 0.3) is 0 Å². The van der Waals surface area contributed by atoms with E-state index < -0.39 is 0 Å². The van der Waals surface area contributed by atoms with Gasteiger partial charge in [0.1, 0.15) is 0 Å². The molecule has 128 valence electrons. The van der Waals surface area contributed by atoms with Gasteiger partial charge in [0.15, 0.2) is 5.82 Å². The molecule has 0 bridgehead atoms. The molecule has 6 heteroatoms. The Balaban J connectivity index is 1.49. The normalized spacial score (nSPS) is 17.9. The largest absolute Gasteiger partial charge is 0.342 e. The first-order valence-electron chi connectivity index (χ1n) is 8.73. The van der Waals surface area contributed by atoms with E-state index >= 15 is 0 Å². The van der Waals surface area contributed by atoms with Crippen molar-refractivity contribution in [3.05, 3.63) is 41.8 Å². The van der Waals surface area contributed by atoms with Crippen molar-refractivity contribution in [3.8, 4) is 0 Å². The standard InChI is InChI=1S/C18H24N4O2/c1-2-16-20-17(24-21-16)8-9-18(23)22-11-5-6-14(13-22)12-15-7-3-4-10-19-15/h3-4,7,10,14H,2,5-6,8-9,11-13H2,1H3/t14-/m0/s1. The first-order chi connectivity index (χ1) is 11.7. The molecule has 1 atom stereocenters. The number of likely N-dealkylation sites (tertiary alicyclic amines) is 1. The summed E-state index contributed by atoms with van der Waals surface area (Å²) in [6.07, 6.45) is 6.69. The quantitative estimate of drug-likeness (QED) is 0.814. The molecule has 1 fully saturated rings. The minimum Gasteiger partial charge on any atom is -0.342 e. The maximum Gasteiger partial charge on any atom is 0.227 e. The first kappa shape index (κ1) is 16.6. The fourth-order valence-corrected chi connectivity index (χ4v) is 3.18. The Morgan fingerprint density at radius 2 is 2.33 bits per heavy atom. The summed E-state index contributed by atoms with van der Waals surface area (Å²) in [6.45, 7) is 3.65. The summed E-state index contributed by atoms with van der Waals surface area (Å²) in [5.41, 5.74) is 1.11. The topological polar surface area (TPSA) is 72.1 Å². The third-order valence-corrected chi connectivity index (χ3v) is 4.47. The van der Waals surface area contributed by atoms with Crippen molar-refractivity contribution in [1.82, 2.24) is 20.0 Å². The van der Waals surface area contributed by atoms with E-state index in [1.165, 1.54) is 0 Å². The average molecular weight is 328 g/mol. The molecule has 1 saturated heterocycles. The number of nitrogens with zero attached hydrogens (tertiary/aromatic N) is 4. The Morgan fingerprint density at radius 1 is 1.42 bits per heavy atom. The van der Waals surface area contributed by atoms with Gasteiger partial charge in [-0.15, -0.1) is 0 Å². The molecule has 2 aromatic rings. The maximum atomic E-state index is 12.5. The Kier molecular flexibility index (Phi) is 5.56. The third kappa shape index (κ3) is 4.40. The molecule has 1 aliphatic rings. The number of carbonyl (C=O) groups is 1. The van der Waals surface area contributed by atoms with Crippen LogP contribution >= 0.6 is 0 Å². The molecule has 0 radical (unpaired) electrons. The van der Waals surface area contributed by atoms with Crippen molar-refractivity contribution in [1.29, 1.82) is 0 Å². The summed E-state index contributed by atoms with van der Waals surface area (Å²) in [7, 11) is 0. The van der Waals surface area contributed by atoms with Crippen LogP contribution in [0.5, 0.6) is 0 Å². The molecular formula is C18H24N4O2. The molecule has 0 spiro atoms. The average Bonchev–Trinajstić information content (AvgIpc) is 3.09. The fourth-order valence-electron chi connectivity index (χ4n) is 3.18. The number of pyridine rings is 1. The number of amides is 1. The lowest BCUT2D eigenvalue weighted by atomic mass is 9.93. The van der Waals surface area contributed by atoms with Crippen molar-refractivity contribution in [2.45, 2.75) is 45.4 Å².